The zero-order valence-corrected chi connectivity index (χ0v) is 42.6. The number of fused-ring (bicyclic) bond motifs is 15. The number of hydrogen-bond donors (Lipinski definition) is 0. The Morgan fingerprint density at radius 1 is 0.187 bits per heavy atom. The van der Waals surface area contributed by atoms with E-state index in [2.05, 4.69) is 262 Å². The van der Waals surface area contributed by atoms with Gasteiger partial charge in [0.2, 0.25) is 0 Å². The van der Waals surface area contributed by atoms with E-state index in [-0.39, 0.29) is 0 Å². The maximum absolute atomic E-state index is 2.59. The van der Waals surface area contributed by atoms with Crippen molar-refractivity contribution in [3.63, 3.8) is 0 Å². The molecule has 15 aromatic rings. The summed E-state index contributed by atoms with van der Waals surface area (Å²) in [5, 5.41) is 12.4. The number of rotatable bonds is 4. The number of hydrogen-bond acceptors (Lipinski definition) is 7. The molecular weight excluding hydrogens is 969 g/mol. The minimum atomic E-state index is 1.13. The molecule has 0 N–H and O–H groups in total. The summed E-state index contributed by atoms with van der Waals surface area (Å²) in [4.78, 5) is 10.2. The van der Waals surface area contributed by atoms with Gasteiger partial charge in [-0.15, -0.1) is 34.0 Å². The molecule has 12 aromatic carbocycles. The predicted molar refractivity (Wildman–Crippen MR) is 326 cm³/mol. The van der Waals surface area contributed by atoms with Gasteiger partial charge in [0.15, 0.2) is 0 Å². The highest BCUT2D eigenvalue weighted by Crippen LogP contribution is 2.63. The van der Waals surface area contributed by atoms with E-state index in [4.69, 9.17) is 0 Å². The molecule has 0 saturated carbocycles. The highest BCUT2D eigenvalue weighted by Gasteiger charge is 2.37. The van der Waals surface area contributed by atoms with Gasteiger partial charge in [-0.05, 0) is 78.9 Å². The second-order valence-corrected chi connectivity index (χ2v) is 22.7. The van der Waals surface area contributed by atoms with Crippen molar-refractivity contribution in [3.8, 4) is 0 Å². The van der Waals surface area contributed by atoms with E-state index in [0.29, 0.717) is 0 Å². The zero-order valence-electron chi connectivity index (χ0n) is 40.1. The lowest BCUT2D eigenvalue weighted by Gasteiger charge is -2.43. The molecule has 0 spiro atoms. The lowest BCUT2D eigenvalue weighted by atomic mass is 9.93. The quantitative estimate of drug-likeness (QED) is 0.163. The molecule has 75 heavy (non-hydrogen) atoms. The Labute approximate surface area is 443 Å². The molecule has 0 aliphatic carbocycles. The highest BCUT2D eigenvalue weighted by atomic mass is 32.1. The summed E-state index contributed by atoms with van der Waals surface area (Å²) >= 11 is 5.64. The SMILES string of the molecule is c1ccc2c(c1)N(c1c3ccccc3c(N3c4ccccc4N(c4cccc5c4sc4ccccc45)c4cc5c(cc43)sc3ccccc35)c3ccccc13)c1ccccc1N2c1cccc2c1sc1ccccc12. The molecule has 0 fully saturated rings. The summed E-state index contributed by atoms with van der Waals surface area (Å²) in [6.45, 7) is 0. The fourth-order valence-electron chi connectivity index (χ4n) is 12.5. The van der Waals surface area contributed by atoms with E-state index in [9.17, 15) is 0 Å². The molecule has 0 amide bonds. The van der Waals surface area contributed by atoms with Gasteiger partial charge in [-0.2, -0.15) is 0 Å². The number of thiophene rings is 3. The monoisotopic (exact) mass is 1010 g/mol. The number of para-hydroxylation sites is 6. The van der Waals surface area contributed by atoms with Crippen LogP contribution in [0.4, 0.5) is 68.2 Å². The highest BCUT2D eigenvalue weighted by molar-refractivity contribution is 7.27. The molecule has 3 aromatic heterocycles. The summed E-state index contributed by atoms with van der Waals surface area (Å²) in [6, 6.07) is 90.4. The third kappa shape index (κ3) is 5.80. The summed E-state index contributed by atoms with van der Waals surface area (Å²) in [5.74, 6) is 0. The van der Waals surface area contributed by atoms with Crippen LogP contribution in [0.5, 0.6) is 0 Å². The largest absolute Gasteiger partial charge is 0.305 e. The average Bonchev–Trinajstić information content (AvgIpc) is 4.17. The minimum absolute atomic E-state index is 1.13. The summed E-state index contributed by atoms with van der Waals surface area (Å²) in [5.41, 5.74) is 13.8. The fourth-order valence-corrected chi connectivity index (χ4v) is 16.1. The molecular formula is C68H40N4S3. The first-order valence-electron chi connectivity index (χ1n) is 25.4. The van der Waals surface area contributed by atoms with Gasteiger partial charge < -0.3 is 19.6 Å². The van der Waals surface area contributed by atoms with E-state index in [1.807, 2.05) is 34.0 Å². The third-order valence-corrected chi connectivity index (χ3v) is 19.2. The molecule has 2 aliphatic heterocycles. The van der Waals surface area contributed by atoms with Crippen LogP contribution >= 0.6 is 34.0 Å². The average molecular weight is 1010 g/mol. The van der Waals surface area contributed by atoms with Crippen LogP contribution in [0.3, 0.4) is 0 Å². The Morgan fingerprint density at radius 2 is 0.480 bits per heavy atom. The van der Waals surface area contributed by atoms with Crippen molar-refractivity contribution in [2.75, 3.05) is 19.6 Å². The van der Waals surface area contributed by atoms with Gasteiger partial charge in [-0.25, -0.2) is 0 Å². The van der Waals surface area contributed by atoms with Crippen LogP contribution in [-0.4, -0.2) is 0 Å². The smallest absolute Gasteiger partial charge is 0.0718 e. The Kier molecular flexibility index (Phi) is 8.72. The van der Waals surface area contributed by atoms with Crippen LogP contribution in [0, 0.1) is 0 Å². The van der Waals surface area contributed by atoms with E-state index in [1.54, 1.807) is 0 Å². The number of anilines is 12. The predicted octanol–water partition coefficient (Wildman–Crippen LogP) is 21.6. The van der Waals surface area contributed by atoms with Gasteiger partial charge in [-0.3, -0.25) is 0 Å². The zero-order chi connectivity index (χ0) is 48.9. The van der Waals surface area contributed by atoms with Gasteiger partial charge in [-0.1, -0.05) is 164 Å². The molecule has 0 bridgehead atoms. The lowest BCUT2D eigenvalue weighted by Crippen LogP contribution is -2.25. The first-order valence-corrected chi connectivity index (χ1v) is 27.9. The van der Waals surface area contributed by atoms with E-state index in [1.165, 1.54) is 93.4 Å². The Hall–Kier alpha value is -8.98. The minimum Gasteiger partial charge on any atom is -0.305 e. The van der Waals surface area contributed by atoms with Crippen molar-refractivity contribution in [1.29, 1.82) is 0 Å². The van der Waals surface area contributed by atoms with Crippen molar-refractivity contribution in [2.24, 2.45) is 0 Å². The van der Waals surface area contributed by atoms with Gasteiger partial charge in [0.1, 0.15) is 0 Å². The van der Waals surface area contributed by atoms with E-state index in [0.717, 1.165) is 56.9 Å². The molecule has 0 unspecified atom stereocenters. The van der Waals surface area contributed by atoms with Crippen LogP contribution in [0.1, 0.15) is 0 Å². The maximum Gasteiger partial charge on any atom is 0.0718 e. The normalized spacial score (nSPS) is 13.2. The standard InChI is InChI=1S/C68H40N4S3/c1-3-24-46-44(22-1)65(71-54-31-11-8-28-51(54)69(52-29-9-12-32-55(52)71)57-34-17-26-48-41-19-5-15-37-62(41)74-67(48)57)45-23-2-4-25-47(45)66(46)72-56-33-13-10-30-53(56)70(58-35-18-27-49-42-20-6-16-38-63(42)75-68(49)58)59-39-50-43-21-7-14-36-61(43)73-64(50)40-60(59)72/h1-40H. The second-order valence-electron chi connectivity index (χ2n) is 19.5. The van der Waals surface area contributed by atoms with Gasteiger partial charge in [0.25, 0.3) is 0 Å². The molecule has 7 heteroatoms. The first kappa shape index (κ1) is 41.5. The lowest BCUT2D eigenvalue weighted by molar-refractivity contribution is 1.18. The number of nitrogens with zero attached hydrogens (tertiary/aromatic N) is 4. The van der Waals surface area contributed by atoms with Crippen LogP contribution in [0.15, 0.2) is 243 Å². The van der Waals surface area contributed by atoms with Crippen LogP contribution in [-0.2, 0) is 0 Å². The molecule has 5 heterocycles. The molecule has 350 valence electrons. The van der Waals surface area contributed by atoms with E-state index < -0.39 is 0 Å². The molecule has 0 radical (unpaired) electrons. The van der Waals surface area contributed by atoms with Gasteiger partial charge >= 0.3 is 0 Å². The van der Waals surface area contributed by atoms with E-state index >= 15 is 0 Å². The van der Waals surface area contributed by atoms with Crippen LogP contribution < -0.4 is 19.6 Å². The Bertz CT molecular complexity index is 4800. The Morgan fingerprint density at radius 3 is 0.920 bits per heavy atom. The Balaban J connectivity index is 0.937. The first-order chi connectivity index (χ1) is 37.2. The van der Waals surface area contributed by atoms with Crippen molar-refractivity contribution in [2.45, 2.75) is 0 Å². The summed E-state index contributed by atoms with van der Waals surface area (Å²) in [7, 11) is 0. The maximum atomic E-state index is 2.59. The van der Waals surface area contributed by atoms with Gasteiger partial charge in [0.05, 0.1) is 77.6 Å². The second kappa shape index (κ2) is 15.8. The van der Waals surface area contributed by atoms with Crippen molar-refractivity contribution >= 4 is 184 Å². The summed E-state index contributed by atoms with van der Waals surface area (Å²) in [6.07, 6.45) is 0. The van der Waals surface area contributed by atoms with Gasteiger partial charge in [0, 0.05) is 72.7 Å². The van der Waals surface area contributed by atoms with Crippen molar-refractivity contribution in [3.05, 3.63) is 243 Å². The molecule has 17 rings (SSSR count). The molecule has 0 saturated heterocycles. The molecule has 4 nitrogen and oxygen atoms in total. The van der Waals surface area contributed by atoms with Crippen LogP contribution in [0.2, 0.25) is 0 Å². The number of benzene rings is 12. The fraction of sp³-hybridized carbons (Fsp3) is 0. The van der Waals surface area contributed by atoms with Crippen LogP contribution in [0.25, 0.3) is 82.1 Å². The summed E-state index contributed by atoms with van der Waals surface area (Å²) < 4.78 is 7.72. The van der Waals surface area contributed by atoms with Crippen molar-refractivity contribution < 1.29 is 0 Å². The topological polar surface area (TPSA) is 13.0 Å². The molecule has 2 aliphatic rings. The third-order valence-electron chi connectivity index (χ3n) is 15.6. The molecule has 0 atom stereocenters. The van der Waals surface area contributed by atoms with Crippen molar-refractivity contribution in [1.82, 2.24) is 0 Å².